The van der Waals surface area contributed by atoms with Crippen molar-refractivity contribution in [2.45, 2.75) is 56.4 Å². The van der Waals surface area contributed by atoms with Crippen molar-refractivity contribution in [1.82, 2.24) is 20.5 Å². The Bertz CT molecular complexity index is 873. The number of benzene rings is 1. The SMILES string of the molecule is CC1CCCCC1NC(=S)NNC(=O)C1CCN(S(=O)(=O)c2ccccc2F)CC1. The lowest BCUT2D eigenvalue weighted by molar-refractivity contribution is -0.126. The van der Waals surface area contributed by atoms with E-state index in [9.17, 15) is 17.6 Å². The zero-order valence-electron chi connectivity index (χ0n) is 17.1. The first kappa shape index (κ1) is 22.9. The summed E-state index contributed by atoms with van der Waals surface area (Å²) < 4.78 is 40.5. The van der Waals surface area contributed by atoms with Gasteiger partial charge in [-0.05, 0) is 56.0 Å². The number of nitrogens with zero attached hydrogens (tertiary/aromatic N) is 1. The number of carbonyl (C=O) groups excluding carboxylic acids is 1. The molecule has 2 atom stereocenters. The molecular formula is C20H29FN4O3S2. The number of hydrazine groups is 1. The Hall–Kier alpha value is -1.78. The standard InChI is InChI=1S/C20H29FN4O3S2/c1-14-6-2-4-8-17(14)22-20(29)24-23-19(26)15-10-12-25(13-11-15)30(27,28)18-9-5-3-7-16(18)21/h3,5,7,9,14-15,17H,2,4,6,8,10-13H2,1H3,(H,23,26)(H2,22,24,29). The summed E-state index contributed by atoms with van der Waals surface area (Å²) in [7, 11) is -3.91. The molecule has 30 heavy (non-hydrogen) atoms. The van der Waals surface area contributed by atoms with Crippen molar-refractivity contribution in [3.63, 3.8) is 0 Å². The minimum Gasteiger partial charge on any atom is -0.358 e. The molecule has 2 aliphatic rings. The van der Waals surface area contributed by atoms with E-state index >= 15 is 0 Å². The Balaban J connectivity index is 1.46. The molecule has 0 bridgehead atoms. The van der Waals surface area contributed by atoms with Crippen molar-refractivity contribution in [1.29, 1.82) is 0 Å². The predicted octanol–water partition coefficient (Wildman–Crippen LogP) is 2.30. The van der Waals surface area contributed by atoms with E-state index in [1.807, 2.05) is 0 Å². The summed E-state index contributed by atoms with van der Waals surface area (Å²) in [6, 6.07) is 5.64. The Morgan fingerprint density at radius 3 is 2.43 bits per heavy atom. The summed E-state index contributed by atoms with van der Waals surface area (Å²) in [6.45, 7) is 2.52. The lowest BCUT2D eigenvalue weighted by Crippen LogP contribution is -2.53. The van der Waals surface area contributed by atoms with Gasteiger partial charge in [0.15, 0.2) is 5.11 Å². The topological polar surface area (TPSA) is 90.5 Å². The summed E-state index contributed by atoms with van der Waals surface area (Å²) in [5.41, 5.74) is 5.39. The van der Waals surface area contributed by atoms with E-state index in [0.29, 0.717) is 29.9 Å². The molecule has 3 rings (SSSR count). The summed E-state index contributed by atoms with van der Waals surface area (Å²) in [6.07, 6.45) is 5.36. The van der Waals surface area contributed by atoms with Crippen LogP contribution in [0.5, 0.6) is 0 Å². The largest absolute Gasteiger partial charge is 0.358 e. The van der Waals surface area contributed by atoms with Gasteiger partial charge in [0.25, 0.3) is 0 Å². The fourth-order valence-electron chi connectivity index (χ4n) is 4.11. The molecule has 7 nitrogen and oxygen atoms in total. The lowest BCUT2D eigenvalue weighted by Gasteiger charge is -2.32. The maximum Gasteiger partial charge on any atom is 0.245 e. The number of thiocarbonyl (C=S) groups is 1. The van der Waals surface area contributed by atoms with E-state index in [4.69, 9.17) is 12.2 Å². The van der Waals surface area contributed by atoms with Crippen LogP contribution in [0.3, 0.4) is 0 Å². The lowest BCUT2D eigenvalue weighted by atomic mass is 9.86. The Morgan fingerprint density at radius 1 is 1.10 bits per heavy atom. The number of hydrogen-bond acceptors (Lipinski definition) is 4. The van der Waals surface area contributed by atoms with Gasteiger partial charge < -0.3 is 5.32 Å². The van der Waals surface area contributed by atoms with E-state index < -0.39 is 15.8 Å². The quantitative estimate of drug-likeness (QED) is 0.476. The number of piperidine rings is 1. The van der Waals surface area contributed by atoms with E-state index in [1.165, 1.54) is 41.8 Å². The van der Waals surface area contributed by atoms with Crippen LogP contribution in [0.4, 0.5) is 4.39 Å². The minimum absolute atomic E-state index is 0.164. The Kier molecular flexibility index (Phi) is 7.65. The van der Waals surface area contributed by atoms with Crippen LogP contribution in [0.25, 0.3) is 0 Å². The number of sulfonamides is 1. The zero-order chi connectivity index (χ0) is 21.7. The molecule has 0 spiro atoms. The van der Waals surface area contributed by atoms with Crippen LogP contribution in [0.15, 0.2) is 29.2 Å². The zero-order valence-corrected chi connectivity index (χ0v) is 18.7. The number of hydrogen-bond donors (Lipinski definition) is 3. The molecule has 1 aromatic rings. The van der Waals surface area contributed by atoms with Gasteiger partial charge in [-0.3, -0.25) is 15.6 Å². The van der Waals surface area contributed by atoms with Crippen LogP contribution in [0.1, 0.15) is 45.4 Å². The average molecular weight is 457 g/mol. The fourth-order valence-corrected chi connectivity index (χ4v) is 5.84. The van der Waals surface area contributed by atoms with Gasteiger partial charge in [-0.25, -0.2) is 12.8 Å². The molecule has 1 aliphatic heterocycles. The molecule has 10 heteroatoms. The molecule has 1 saturated carbocycles. The van der Waals surface area contributed by atoms with Crippen LogP contribution >= 0.6 is 12.2 Å². The Labute approximate surface area is 182 Å². The van der Waals surface area contributed by atoms with Crippen LogP contribution in [-0.4, -0.2) is 42.9 Å². The van der Waals surface area contributed by atoms with Crippen molar-refractivity contribution < 1.29 is 17.6 Å². The fraction of sp³-hybridized carbons (Fsp3) is 0.600. The molecule has 1 aromatic carbocycles. The van der Waals surface area contributed by atoms with Crippen molar-refractivity contribution in [3.8, 4) is 0 Å². The average Bonchev–Trinajstić information content (AvgIpc) is 2.74. The third-order valence-electron chi connectivity index (χ3n) is 6.01. The molecule has 2 fully saturated rings. The van der Waals surface area contributed by atoms with Crippen molar-refractivity contribution in [2.75, 3.05) is 13.1 Å². The van der Waals surface area contributed by atoms with Gasteiger partial charge in [0.05, 0.1) is 0 Å². The molecular weight excluding hydrogens is 427 g/mol. The first-order valence-corrected chi connectivity index (χ1v) is 12.2. The second kappa shape index (κ2) is 10.0. The number of amides is 1. The highest BCUT2D eigenvalue weighted by Crippen LogP contribution is 2.25. The van der Waals surface area contributed by atoms with E-state index in [2.05, 4.69) is 23.1 Å². The summed E-state index contributed by atoms with van der Waals surface area (Å²) >= 11 is 5.28. The molecule has 0 aromatic heterocycles. The predicted molar refractivity (Wildman–Crippen MR) is 116 cm³/mol. The molecule has 1 amide bonds. The summed E-state index contributed by atoms with van der Waals surface area (Å²) in [5, 5.41) is 3.65. The maximum atomic E-state index is 13.9. The van der Waals surface area contributed by atoms with Crippen LogP contribution in [0, 0.1) is 17.7 Å². The van der Waals surface area contributed by atoms with E-state index in [1.54, 1.807) is 0 Å². The first-order valence-electron chi connectivity index (χ1n) is 10.4. The molecule has 3 N–H and O–H groups in total. The smallest absolute Gasteiger partial charge is 0.245 e. The van der Waals surface area contributed by atoms with E-state index in [0.717, 1.165) is 12.5 Å². The highest BCUT2D eigenvalue weighted by Gasteiger charge is 2.33. The van der Waals surface area contributed by atoms with Gasteiger partial charge in [-0.15, -0.1) is 0 Å². The summed E-state index contributed by atoms with van der Waals surface area (Å²) in [4.78, 5) is 12.1. The number of carbonyl (C=O) groups is 1. The van der Waals surface area contributed by atoms with Gasteiger partial charge in [0, 0.05) is 25.0 Å². The molecule has 1 saturated heterocycles. The van der Waals surface area contributed by atoms with Gasteiger partial charge in [-0.1, -0.05) is 31.9 Å². The van der Waals surface area contributed by atoms with Crippen molar-refractivity contribution >= 4 is 33.3 Å². The van der Waals surface area contributed by atoms with Crippen LogP contribution in [0.2, 0.25) is 0 Å². The molecule has 2 unspecified atom stereocenters. The van der Waals surface area contributed by atoms with Gasteiger partial charge in [0.2, 0.25) is 15.9 Å². The number of halogens is 1. The first-order chi connectivity index (χ1) is 14.3. The van der Waals surface area contributed by atoms with Crippen LogP contribution in [-0.2, 0) is 14.8 Å². The normalized spacial score (nSPS) is 23.5. The summed E-state index contributed by atoms with van der Waals surface area (Å²) in [5.74, 6) is -0.787. The maximum absolute atomic E-state index is 13.9. The molecule has 1 aliphatic carbocycles. The highest BCUT2D eigenvalue weighted by atomic mass is 32.2. The highest BCUT2D eigenvalue weighted by molar-refractivity contribution is 7.89. The third-order valence-corrected chi connectivity index (χ3v) is 8.16. The molecule has 1 heterocycles. The number of nitrogens with one attached hydrogen (secondary N) is 3. The van der Waals surface area contributed by atoms with Crippen LogP contribution < -0.4 is 16.2 Å². The van der Waals surface area contributed by atoms with Crippen molar-refractivity contribution in [3.05, 3.63) is 30.1 Å². The molecule has 0 radical (unpaired) electrons. The second-order valence-electron chi connectivity index (χ2n) is 8.06. The monoisotopic (exact) mass is 456 g/mol. The number of rotatable bonds is 4. The Morgan fingerprint density at radius 2 is 1.77 bits per heavy atom. The van der Waals surface area contributed by atoms with E-state index in [-0.39, 0.29) is 29.8 Å². The third kappa shape index (κ3) is 5.47. The molecule has 166 valence electrons. The minimum atomic E-state index is -3.91. The second-order valence-corrected chi connectivity index (χ2v) is 10.4. The van der Waals surface area contributed by atoms with Gasteiger partial charge >= 0.3 is 0 Å². The van der Waals surface area contributed by atoms with Gasteiger partial charge in [-0.2, -0.15) is 4.31 Å². The van der Waals surface area contributed by atoms with Gasteiger partial charge in [0.1, 0.15) is 10.7 Å². The van der Waals surface area contributed by atoms with Crippen molar-refractivity contribution in [2.24, 2.45) is 11.8 Å².